The maximum atomic E-state index is 4.54. The molecule has 0 aliphatic carbocycles. The number of hydrogen-bond donors (Lipinski definition) is 2. The molecule has 0 saturated carbocycles. The lowest BCUT2D eigenvalue weighted by atomic mass is 10.2. The first kappa shape index (κ1) is 15.8. The molecule has 0 fully saturated rings. The van der Waals surface area contributed by atoms with Crippen LogP contribution in [0, 0.1) is 6.92 Å². The summed E-state index contributed by atoms with van der Waals surface area (Å²) in [4.78, 5) is 9.04. The predicted molar refractivity (Wildman–Crippen MR) is 92.4 cm³/mol. The van der Waals surface area contributed by atoms with Gasteiger partial charge in [0.1, 0.15) is 17.5 Å². The second-order valence-corrected chi connectivity index (χ2v) is 5.69. The minimum atomic E-state index is 0.811. The molecule has 1 aromatic carbocycles. The number of halogens is 1. The molecular formula is C16H21BrN4. The predicted octanol–water partition coefficient (Wildman–Crippen LogP) is 4.68. The maximum absolute atomic E-state index is 4.54. The highest BCUT2D eigenvalue weighted by Gasteiger charge is 2.07. The number of nitrogens with one attached hydrogen (secondary N) is 2. The fourth-order valence-electron chi connectivity index (χ4n) is 1.94. The zero-order valence-corrected chi connectivity index (χ0v) is 14.3. The summed E-state index contributed by atoms with van der Waals surface area (Å²) in [5, 5.41) is 6.68. The summed E-state index contributed by atoms with van der Waals surface area (Å²) in [5.74, 6) is 2.52. The van der Waals surface area contributed by atoms with Crippen LogP contribution in [0.3, 0.4) is 0 Å². The summed E-state index contributed by atoms with van der Waals surface area (Å²) in [7, 11) is 0. The van der Waals surface area contributed by atoms with Gasteiger partial charge in [-0.1, -0.05) is 26.0 Å². The number of aryl methyl sites for hydroxylation is 2. The largest absolute Gasteiger partial charge is 0.370 e. The van der Waals surface area contributed by atoms with Gasteiger partial charge in [0, 0.05) is 23.5 Å². The van der Waals surface area contributed by atoms with Gasteiger partial charge in [-0.15, -0.1) is 0 Å². The Bertz CT molecular complexity index is 613. The van der Waals surface area contributed by atoms with Crippen molar-refractivity contribution in [1.29, 1.82) is 0 Å². The minimum absolute atomic E-state index is 0.811. The van der Waals surface area contributed by atoms with E-state index in [2.05, 4.69) is 63.4 Å². The van der Waals surface area contributed by atoms with Crippen LogP contribution >= 0.6 is 15.9 Å². The molecule has 0 bridgehead atoms. The third-order valence-electron chi connectivity index (χ3n) is 3.10. The number of rotatable bonds is 6. The Kier molecular flexibility index (Phi) is 5.56. The minimum Gasteiger partial charge on any atom is -0.370 e. The zero-order chi connectivity index (χ0) is 15.2. The first-order chi connectivity index (χ1) is 10.1. The molecule has 1 heterocycles. The van der Waals surface area contributed by atoms with E-state index in [0.717, 1.165) is 47.0 Å². The third kappa shape index (κ3) is 4.17. The van der Waals surface area contributed by atoms with Crippen molar-refractivity contribution in [3.63, 3.8) is 0 Å². The molecule has 21 heavy (non-hydrogen) atoms. The van der Waals surface area contributed by atoms with Crippen molar-refractivity contribution in [1.82, 2.24) is 9.97 Å². The van der Waals surface area contributed by atoms with Crippen LogP contribution in [0.25, 0.3) is 0 Å². The van der Waals surface area contributed by atoms with E-state index in [0.29, 0.717) is 0 Å². The number of benzene rings is 1. The summed E-state index contributed by atoms with van der Waals surface area (Å²) in [6.45, 7) is 7.18. The second kappa shape index (κ2) is 7.41. The number of nitrogens with zero attached hydrogens (tertiary/aromatic N) is 2. The van der Waals surface area contributed by atoms with E-state index in [1.165, 1.54) is 5.56 Å². The Balaban J connectivity index is 2.28. The highest BCUT2D eigenvalue weighted by atomic mass is 79.9. The monoisotopic (exact) mass is 348 g/mol. The highest BCUT2D eigenvalue weighted by molar-refractivity contribution is 9.10. The summed E-state index contributed by atoms with van der Waals surface area (Å²) >= 11 is 3.61. The topological polar surface area (TPSA) is 49.8 Å². The molecule has 1 aromatic heterocycles. The molecule has 4 nitrogen and oxygen atoms in total. The highest BCUT2D eigenvalue weighted by Crippen LogP contribution is 2.28. The van der Waals surface area contributed by atoms with E-state index in [9.17, 15) is 0 Å². The van der Waals surface area contributed by atoms with Gasteiger partial charge in [-0.25, -0.2) is 9.97 Å². The molecule has 0 atom stereocenters. The average Bonchev–Trinajstić information content (AvgIpc) is 2.49. The Morgan fingerprint density at radius 1 is 1.14 bits per heavy atom. The molecule has 2 N–H and O–H groups in total. The summed E-state index contributed by atoms with van der Waals surface area (Å²) in [6.07, 6.45) is 1.88. The normalized spacial score (nSPS) is 10.5. The van der Waals surface area contributed by atoms with Crippen LogP contribution in [-0.2, 0) is 6.42 Å². The molecule has 0 saturated heterocycles. The average molecular weight is 349 g/mol. The standard InChI is InChI=1S/C16H21BrN4/c1-4-9-18-14-10-15(21-13(5-2)20-14)19-12-8-6-7-11(3)16(12)17/h6-8,10H,4-5,9H2,1-3H3,(H2,18,19,20,21). The van der Waals surface area contributed by atoms with E-state index < -0.39 is 0 Å². The first-order valence-corrected chi connectivity index (χ1v) is 8.07. The molecule has 0 radical (unpaired) electrons. The lowest BCUT2D eigenvalue weighted by molar-refractivity contribution is 0.919. The van der Waals surface area contributed by atoms with Crippen molar-refractivity contribution in [2.75, 3.05) is 17.2 Å². The van der Waals surface area contributed by atoms with E-state index in [1.807, 2.05) is 18.2 Å². The van der Waals surface area contributed by atoms with Crippen molar-refractivity contribution in [2.24, 2.45) is 0 Å². The van der Waals surface area contributed by atoms with Gasteiger partial charge in [-0.3, -0.25) is 0 Å². The van der Waals surface area contributed by atoms with Gasteiger partial charge < -0.3 is 10.6 Å². The lowest BCUT2D eigenvalue weighted by Gasteiger charge is -2.12. The van der Waals surface area contributed by atoms with Gasteiger partial charge in [0.15, 0.2) is 0 Å². The van der Waals surface area contributed by atoms with Gasteiger partial charge in [0.25, 0.3) is 0 Å². The fraction of sp³-hybridized carbons (Fsp3) is 0.375. The van der Waals surface area contributed by atoms with E-state index >= 15 is 0 Å². The van der Waals surface area contributed by atoms with Crippen LogP contribution in [0.5, 0.6) is 0 Å². The summed E-state index contributed by atoms with van der Waals surface area (Å²) < 4.78 is 1.06. The summed E-state index contributed by atoms with van der Waals surface area (Å²) in [6, 6.07) is 8.08. The second-order valence-electron chi connectivity index (χ2n) is 4.90. The van der Waals surface area contributed by atoms with Crippen LogP contribution in [0.1, 0.15) is 31.7 Å². The number of hydrogen-bond acceptors (Lipinski definition) is 4. The van der Waals surface area contributed by atoms with Crippen LogP contribution in [0.2, 0.25) is 0 Å². The zero-order valence-electron chi connectivity index (χ0n) is 12.7. The van der Waals surface area contributed by atoms with Crippen LogP contribution in [-0.4, -0.2) is 16.5 Å². The smallest absolute Gasteiger partial charge is 0.136 e. The first-order valence-electron chi connectivity index (χ1n) is 7.28. The Labute approximate surface area is 134 Å². The van der Waals surface area contributed by atoms with Gasteiger partial charge >= 0.3 is 0 Å². The molecular weight excluding hydrogens is 328 g/mol. The molecule has 2 aromatic rings. The molecule has 0 aliphatic rings. The Morgan fingerprint density at radius 2 is 1.90 bits per heavy atom. The molecule has 0 unspecified atom stereocenters. The van der Waals surface area contributed by atoms with Gasteiger partial charge in [0.05, 0.1) is 5.69 Å². The Hall–Kier alpha value is -1.62. The molecule has 5 heteroatoms. The van der Waals surface area contributed by atoms with Crippen LogP contribution in [0.4, 0.5) is 17.3 Å². The fourth-order valence-corrected chi connectivity index (χ4v) is 2.31. The van der Waals surface area contributed by atoms with Crippen LogP contribution < -0.4 is 10.6 Å². The number of aromatic nitrogens is 2. The quantitative estimate of drug-likeness (QED) is 0.795. The van der Waals surface area contributed by atoms with Crippen molar-refractivity contribution in [3.05, 3.63) is 40.1 Å². The van der Waals surface area contributed by atoms with Crippen LogP contribution in [0.15, 0.2) is 28.7 Å². The lowest BCUT2D eigenvalue weighted by Crippen LogP contribution is -2.07. The molecule has 2 rings (SSSR count). The maximum Gasteiger partial charge on any atom is 0.136 e. The van der Waals surface area contributed by atoms with E-state index in [4.69, 9.17) is 0 Å². The van der Waals surface area contributed by atoms with Gasteiger partial charge in [-0.05, 0) is 40.9 Å². The van der Waals surface area contributed by atoms with E-state index in [-0.39, 0.29) is 0 Å². The van der Waals surface area contributed by atoms with Crippen molar-refractivity contribution in [2.45, 2.75) is 33.6 Å². The molecule has 0 spiro atoms. The van der Waals surface area contributed by atoms with Crippen molar-refractivity contribution in [3.8, 4) is 0 Å². The number of anilines is 3. The van der Waals surface area contributed by atoms with Gasteiger partial charge in [0.2, 0.25) is 0 Å². The van der Waals surface area contributed by atoms with Crippen molar-refractivity contribution >= 4 is 33.3 Å². The van der Waals surface area contributed by atoms with Gasteiger partial charge in [-0.2, -0.15) is 0 Å². The Morgan fingerprint density at radius 3 is 2.62 bits per heavy atom. The molecule has 112 valence electrons. The third-order valence-corrected chi connectivity index (χ3v) is 4.15. The SMILES string of the molecule is CCCNc1cc(Nc2cccc(C)c2Br)nc(CC)n1. The van der Waals surface area contributed by atoms with E-state index in [1.54, 1.807) is 0 Å². The molecule has 0 aliphatic heterocycles. The summed E-state index contributed by atoms with van der Waals surface area (Å²) in [5.41, 5.74) is 2.20. The van der Waals surface area contributed by atoms with Crippen molar-refractivity contribution < 1.29 is 0 Å². The molecule has 0 amide bonds.